The second-order valence-electron chi connectivity index (χ2n) is 2.39. The first-order chi connectivity index (χ1) is 7.05. The lowest BCUT2D eigenvalue weighted by atomic mass is 10.4. The summed E-state index contributed by atoms with van der Waals surface area (Å²) in [6.07, 6.45) is -1.93. The van der Waals surface area contributed by atoms with Crippen LogP contribution in [0.15, 0.2) is 0 Å². The number of hydrogen-bond acceptors (Lipinski definition) is 6. The summed E-state index contributed by atoms with van der Waals surface area (Å²) in [4.78, 5) is 44.3. The number of esters is 1. The van der Waals surface area contributed by atoms with Gasteiger partial charge >= 0.3 is 21.6 Å². The number of carbonyl (C=O) groups excluding carboxylic acids is 1. The van der Waals surface area contributed by atoms with Gasteiger partial charge in [0.1, 0.15) is 0 Å². The minimum absolute atomic E-state index is 0.899. The highest BCUT2D eigenvalue weighted by molar-refractivity contribution is 7.46. The zero-order valence-electron chi connectivity index (χ0n) is 7.92. The van der Waals surface area contributed by atoms with Crippen LogP contribution in [0.1, 0.15) is 0 Å². The van der Waals surface area contributed by atoms with Crippen molar-refractivity contribution in [2.24, 2.45) is 0 Å². The Balaban J connectivity index is 4.51. The Hall–Kier alpha value is -0.310. The van der Waals surface area contributed by atoms with Crippen molar-refractivity contribution in [2.75, 3.05) is 13.7 Å². The largest absolute Gasteiger partial charge is 0.470 e. The number of hydrogen-bond donors (Lipinski definition) is 4. The molecule has 0 spiro atoms. The van der Waals surface area contributed by atoms with E-state index < -0.39 is 34.3 Å². The average molecular weight is 280 g/mol. The van der Waals surface area contributed by atoms with E-state index in [9.17, 15) is 13.9 Å². The molecule has 0 bridgehead atoms. The van der Waals surface area contributed by atoms with Crippen LogP contribution < -0.4 is 0 Å². The van der Waals surface area contributed by atoms with Gasteiger partial charge in [-0.15, -0.1) is 0 Å². The number of phosphoric acid groups is 2. The van der Waals surface area contributed by atoms with E-state index in [4.69, 9.17) is 19.6 Å². The van der Waals surface area contributed by atoms with Crippen molar-refractivity contribution < 1.29 is 47.3 Å². The van der Waals surface area contributed by atoms with E-state index in [2.05, 4.69) is 13.8 Å². The maximum atomic E-state index is 10.9. The van der Waals surface area contributed by atoms with Gasteiger partial charge in [-0.1, -0.05) is 0 Å². The summed E-state index contributed by atoms with van der Waals surface area (Å²) >= 11 is 0. The first-order valence-electron chi connectivity index (χ1n) is 3.57. The molecule has 4 N–H and O–H groups in total. The zero-order chi connectivity index (χ0) is 13.0. The lowest BCUT2D eigenvalue weighted by molar-refractivity contribution is -0.151. The molecule has 0 aliphatic carbocycles. The van der Waals surface area contributed by atoms with Crippen LogP contribution in [-0.2, 0) is 27.7 Å². The van der Waals surface area contributed by atoms with E-state index in [1.165, 1.54) is 0 Å². The molecular formula is C4H10O10P2. The average Bonchev–Trinajstić information content (AvgIpc) is 2.07. The van der Waals surface area contributed by atoms with Gasteiger partial charge in [0.2, 0.25) is 0 Å². The van der Waals surface area contributed by atoms with E-state index in [0.29, 0.717) is 0 Å². The number of phosphoric ester groups is 2. The monoisotopic (exact) mass is 280 g/mol. The fraction of sp³-hybridized carbons (Fsp3) is 0.750. The standard InChI is InChI=1S/C4H10O10P2/c1-12-4(5)3(14-16(9,10)11)2-13-15(6,7)8/h3H,2H2,1H3,(H2,6,7,8)(H2,9,10,11). The van der Waals surface area contributed by atoms with Gasteiger partial charge in [-0.05, 0) is 0 Å². The van der Waals surface area contributed by atoms with Crippen LogP contribution in [-0.4, -0.2) is 45.4 Å². The highest BCUT2D eigenvalue weighted by Crippen LogP contribution is 2.40. The van der Waals surface area contributed by atoms with Gasteiger partial charge in [-0.2, -0.15) is 0 Å². The molecule has 0 saturated heterocycles. The quantitative estimate of drug-likeness (QED) is 0.341. The van der Waals surface area contributed by atoms with E-state index in [1.807, 2.05) is 0 Å². The highest BCUT2D eigenvalue weighted by Gasteiger charge is 2.31. The molecule has 0 aromatic heterocycles. The van der Waals surface area contributed by atoms with Gasteiger partial charge in [-0.25, -0.2) is 13.9 Å². The Bertz CT molecular complexity index is 326. The molecule has 12 heteroatoms. The molecule has 0 amide bonds. The van der Waals surface area contributed by atoms with Crippen LogP contribution in [0, 0.1) is 0 Å². The maximum absolute atomic E-state index is 10.9. The number of carbonyl (C=O) groups is 1. The molecule has 0 aliphatic rings. The molecule has 96 valence electrons. The third-order valence-electron chi connectivity index (χ3n) is 1.12. The summed E-state index contributed by atoms with van der Waals surface area (Å²) in [5.74, 6) is -1.24. The summed E-state index contributed by atoms with van der Waals surface area (Å²) in [5.41, 5.74) is 0. The molecule has 0 saturated carbocycles. The zero-order valence-corrected chi connectivity index (χ0v) is 9.71. The van der Waals surface area contributed by atoms with E-state index in [0.717, 1.165) is 7.11 Å². The number of ether oxygens (including phenoxy) is 1. The van der Waals surface area contributed by atoms with Gasteiger partial charge in [0, 0.05) is 0 Å². The third-order valence-corrected chi connectivity index (χ3v) is 2.14. The molecule has 1 atom stereocenters. The molecule has 0 aromatic carbocycles. The Morgan fingerprint density at radius 2 is 1.69 bits per heavy atom. The van der Waals surface area contributed by atoms with Crippen LogP contribution in [0.3, 0.4) is 0 Å². The van der Waals surface area contributed by atoms with Crippen molar-refractivity contribution in [1.29, 1.82) is 0 Å². The Kier molecular flexibility index (Phi) is 5.74. The van der Waals surface area contributed by atoms with E-state index in [-0.39, 0.29) is 0 Å². The number of methoxy groups -OCH3 is 1. The minimum Gasteiger partial charge on any atom is -0.467 e. The molecule has 10 nitrogen and oxygen atoms in total. The molecule has 0 radical (unpaired) electrons. The Labute approximate surface area is 89.6 Å². The summed E-state index contributed by atoms with van der Waals surface area (Å²) in [6.45, 7) is -1.05. The summed E-state index contributed by atoms with van der Waals surface area (Å²) in [7, 11) is -8.98. The second-order valence-corrected chi connectivity index (χ2v) is 4.83. The van der Waals surface area contributed by atoms with Crippen molar-refractivity contribution in [3.8, 4) is 0 Å². The van der Waals surface area contributed by atoms with Crippen molar-refractivity contribution in [3.05, 3.63) is 0 Å². The molecule has 0 fully saturated rings. The van der Waals surface area contributed by atoms with Gasteiger partial charge in [0.05, 0.1) is 13.7 Å². The molecule has 0 heterocycles. The van der Waals surface area contributed by atoms with Crippen LogP contribution >= 0.6 is 15.6 Å². The molecule has 0 aromatic rings. The minimum atomic E-state index is -5.00. The topological polar surface area (TPSA) is 160 Å². The summed E-state index contributed by atoms with van der Waals surface area (Å²) in [5, 5.41) is 0. The predicted octanol–water partition coefficient (Wildman–Crippen LogP) is -1.25. The predicted molar refractivity (Wildman–Crippen MR) is 46.9 cm³/mol. The van der Waals surface area contributed by atoms with Crippen LogP contribution in [0.2, 0.25) is 0 Å². The van der Waals surface area contributed by atoms with Gasteiger partial charge in [0.15, 0.2) is 6.10 Å². The normalized spacial score (nSPS) is 14.6. The smallest absolute Gasteiger partial charge is 0.467 e. The van der Waals surface area contributed by atoms with Crippen molar-refractivity contribution in [1.82, 2.24) is 0 Å². The number of rotatable bonds is 6. The lowest BCUT2D eigenvalue weighted by Crippen LogP contribution is -2.29. The summed E-state index contributed by atoms with van der Waals surface area (Å²) in [6, 6.07) is 0. The van der Waals surface area contributed by atoms with Crippen molar-refractivity contribution in [3.63, 3.8) is 0 Å². The van der Waals surface area contributed by atoms with Crippen molar-refractivity contribution >= 4 is 21.6 Å². The fourth-order valence-electron chi connectivity index (χ4n) is 0.603. The molecular weight excluding hydrogens is 270 g/mol. The van der Waals surface area contributed by atoms with E-state index in [1.54, 1.807) is 0 Å². The van der Waals surface area contributed by atoms with Gasteiger partial charge < -0.3 is 24.3 Å². The fourth-order valence-corrected chi connectivity index (χ4v) is 1.41. The molecule has 16 heavy (non-hydrogen) atoms. The first-order valence-corrected chi connectivity index (χ1v) is 6.63. The van der Waals surface area contributed by atoms with Crippen molar-refractivity contribution in [2.45, 2.75) is 6.10 Å². The Morgan fingerprint density at radius 3 is 2.00 bits per heavy atom. The third kappa shape index (κ3) is 7.91. The van der Waals surface area contributed by atoms with Gasteiger partial charge in [-0.3, -0.25) is 9.05 Å². The van der Waals surface area contributed by atoms with Gasteiger partial charge in [0.25, 0.3) is 0 Å². The lowest BCUT2D eigenvalue weighted by Gasteiger charge is -2.16. The Morgan fingerprint density at radius 1 is 1.19 bits per heavy atom. The van der Waals surface area contributed by atoms with Crippen LogP contribution in [0.4, 0.5) is 0 Å². The molecule has 0 rings (SSSR count). The second kappa shape index (κ2) is 5.85. The molecule has 1 unspecified atom stereocenters. The van der Waals surface area contributed by atoms with E-state index >= 15 is 0 Å². The van der Waals surface area contributed by atoms with Crippen LogP contribution in [0.5, 0.6) is 0 Å². The SMILES string of the molecule is COC(=O)C(COP(=O)(O)O)OP(=O)(O)O. The first kappa shape index (κ1) is 15.7. The van der Waals surface area contributed by atoms with Crippen LogP contribution in [0.25, 0.3) is 0 Å². The summed E-state index contributed by atoms with van der Waals surface area (Å²) < 4.78 is 32.5. The highest BCUT2D eigenvalue weighted by atomic mass is 31.2. The maximum Gasteiger partial charge on any atom is 0.470 e. The molecule has 0 aliphatic heterocycles.